The number of carbonyl (C=O) groups is 1. The van der Waals surface area contributed by atoms with Gasteiger partial charge in [0.15, 0.2) is 5.82 Å². The molecule has 0 aromatic carbocycles. The second-order valence-electron chi connectivity index (χ2n) is 5.38. The van der Waals surface area contributed by atoms with E-state index in [0.717, 1.165) is 24.4 Å². The zero-order valence-electron chi connectivity index (χ0n) is 12.9. The predicted molar refractivity (Wildman–Crippen MR) is 81.3 cm³/mol. The highest BCUT2D eigenvalue weighted by Crippen LogP contribution is 2.35. The summed E-state index contributed by atoms with van der Waals surface area (Å²) < 4.78 is 7.66. The number of amides is 1. The Kier molecular flexibility index (Phi) is 4.24. The standard InChI is InChI=1S/C15H21N5O2/c1-3-10-9-13(19-18-10)17-15(21)11-6-8-22-14(11)12-5-7-16-20(12)4-2/h5,7,9,11,14H,3-4,6,8H2,1-2H3,(H2,17,18,19,21)/t11-,14-/m1/s1. The highest BCUT2D eigenvalue weighted by Gasteiger charge is 2.37. The lowest BCUT2D eigenvalue weighted by Crippen LogP contribution is -2.26. The van der Waals surface area contributed by atoms with E-state index in [-0.39, 0.29) is 17.9 Å². The molecule has 0 unspecified atom stereocenters. The molecule has 0 spiro atoms. The molecule has 1 fully saturated rings. The van der Waals surface area contributed by atoms with E-state index >= 15 is 0 Å². The van der Waals surface area contributed by atoms with Crippen molar-refractivity contribution in [1.29, 1.82) is 0 Å². The minimum atomic E-state index is -0.243. The molecule has 7 nitrogen and oxygen atoms in total. The van der Waals surface area contributed by atoms with Gasteiger partial charge in [0, 0.05) is 31.1 Å². The average molecular weight is 303 g/mol. The van der Waals surface area contributed by atoms with E-state index in [1.165, 1.54) is 0 Å². The molecular formula is C15H21N5O2. The molecule has 2 atom stereocenters. The first-order valence-corrected chi connectivity index (χ1v) is 7.71. The molecule has 0 saturated carbocycles. The molecule has 1 aliphatic rings. The first-order valence-electron chi connectivity index (χ1n) is 7.71. The number of nitrogens with one attached hydrogen (secondary N) is 2. The zero-order chi connectivity index (χ0) is 15.5. The van der Waals surface area contributed by atoms with Gasteiger partial charge in [-0.25, -0.2) is 0 Å². The lowest BCUT2D eigenvalue weighted by atomic mass is 9.98. The van der Waals surface area contributed by atoms with Crippen LogP contribution in [0.2, 0.25) is 0 Å². The molecule has 3 rings (SSSR count). The minimum Gasteiger partial charge on any atom is -0.371 e. The van der Waals surface area contributed by atoms with Gasteiger partial charge in [-0.05, 0) is 25.8 Å². The predicted octanol–water partition coefficient (Wildman–Crippen LogP) is 1.90. The summed E-state index contributed by atoms with van der Waals surface area (Å²) in [6, 6.07) is 3.78. The summed E-state index contributed by atoms with van der Waals surface area (Å²) in [6.45, 7) is 5.40. The Bertz CT molecular complexity index is 648. The van der Waals surface area contributed by atoms with Gasteiger partial charge in [0.25, 0.3) is 0 Å². The third-order valence-corrected chi connectivity index (χ3v) is 4.03. The normalized spacial score (nSPS) is 21.2. The molecule has 118 valence electrons. The van der Waals surface area contributed by atoms with Gasteiger partial charge in [-0.3, -0.25) is 14.6 Å². The molecule has 2 N–H and O–H groups in total. The number of anilines is 1. The Morgan fingerprint density at radius 1 is 1.55 bits per heavy atom. The quantitative estimate of drug-likeness (QED) is 0.883. The van der Waals surface area contributed by atoms with Crippen LogP contribution in [0, 0.1) is 5.92 Å². The summed E-state index contributed by atoms with van der Waals surface area (Å²) in [4.78, 5) is 12.5. The number of aryl methyl sites for hydroxylation is 2. The van der Waals surface area contributed by atoms with Crippen molar-refractivity contribution in [3.05, 3.63) is 29.7 Å². The third-order valence-electron chi connectivity index (χ3n) is 4.03. The van der Waals surface area contributed by atoms with Gasteiger partial charge in [0.2, 0.25) is 5.91 Å². The number of hydrogen-bond donors (Lipinski definition) is 2. The second-order valence-corrected chi connectivity index (χ2v) is 5.38. The molecule has 2 aromatic heterocycles. The Hall–Kier alpha value is -2.15. The number of aromatic amines is 1. The first kappa shape index (κ1) is 14.8. The van der Waals surface area contributed by atoms with E-state index < -0.39 is 0 Å². The van der Waals surface area contributed by atoms with Crippen LogP contribution in [0.3, 0.4) is 0 Å². The maximum absolute atomic E-state index is 12.5. The van der Waals surface area contributed by atoms with Gasteiger partial charge < -0.3 is 10.1 Å². The SMILES string of the molecule is CCc1cc(NC(=O)[C@@H]2CCO[C@H]2c2ccnn2CC)n[nH]1. The van der Waals surface area contributed by atoms with Crippen molar-refractivity contribution in [3.8, 4) is 0 Å². The minimum absolute atomic E-state index is 0.0551. The Balaban J connectivity index is 1.73. The molecule has 2 aromatic rings. The fraction of sp³-hybridized carbons (Fsp3) is 0.533. The van der Waals surface area contributed by atoms with Gasteiger partial charge in [-0.15, -0.1) is 0 Å². The Labute approximate surface area is 129 Å². The number of aromatic nitrogens is 4. The van der Waals surface area contributed by atoms with Crippen molar-refractivity contribution >= 4 is 11.7 Å². The smallest absolute Gasteiger partial charge is 0.231 e. The van der Waals surface area contributed by atoms with E-state index in [2.05, 4.69) is 20.6 Å². The molecule has 1 aliphatic heterocycles. The number of rotatable bonds is 5. The highest BCUT2D eigenvalue weighted by molar-refractivity contribution is 5.92. The van der Waals surface area contributed by atoms with Gasteiger partial charge in [0.1, 0.15) is 6.10 Å². The van der Waals surface area contributed by atoms with Gasteiger partial charge >= 0.3 is 0 Å². The highest BCUT2D eigenvalue weighted by atomic mass is 16.5. The second kappa shape index (κ2) is 6.31. The zero-order valence-corrected chi connectivity index (χ0v) is 12.9. The fourth-order valence-electron chi connectivity index (χ4n) is 2.82. The van der Waals surface area contributed by atoms with Crippen molar-refractivity contribution in [2.75, 3.05) is 11.9 Å². The Morgan fingerprint density at radius 3 is 3.14 bits per heavy atom. The summed E-state index contributed by atoms with van der Waals surface area (Å²) in [5, 5.41) is 14.1. The molecule has 0 radical (unpaired) electrons. The number of nitrogens with zero attached hydrogens (tertiary/aromatic N) is 3. The van der Waals surface area contributed by atoms with Crippen molar-refractivity contribution in [1.82, 2.24) is 20.0 Å². The van der Waals surface area contributed by atoms with Gasteiger partial charge in [0.05, 0.1) is 11.6 Å². The van der Waals surface area contributed by atoms with Crippen molar-refractivity contribution in [2.24, 2.45) is 5.92 Å². The largest absolute Gasteiger partial charge is 0.371 e. The third kappa shape index (κ3) is 2.76. The Morgan fingerprint density at radius 2 is 2.41 bits per heavy atom. The molecule has 3 heterocycles. The van der Waals surface area contributed by atoms with Crippen LogP contribution in [0.15, 0.2) is 18.3 Å². The van der Waals surface area contributed by atoms with Crippen LogP contribution in [-0.4, -0.2) is 32.5 Å². The lowest BCUT2D eigenvalue weighted by Gasteiger charge is -2.18. The van der Waals surface area contributed by atoms with Gasteiger partial charge in [-0.1, -0.05) is 6.92 Å². The molecule has 7 heteroatoms. The summed E-state index contributed by atoms with van der Waals surface area (Å²) in [5.74, 6) is 0.292. The number of carbonyl (C=O) groups excluding carboxylic acids is 1. The van der Waals surface area contributed by atoms with Crippen LogP contribution >= 0.6 is 0 Å². The number of H-pyrrole nitrogens is 1. The van der Waals surface area contributed by atoms with E-state index in [1.54, 1.807) is 6.20 Å². The van der Waals surface area contributed by atoms with Crippen molar-refractivity contribution in [2.45, 2.75) is 39.3 Å². The van der Waals surface area contributed by atoms with E-state index in [9.17, 15) is 4.79 Å². The number of ether oxygens (including phenoxy) is 1. The van der Waals surface area contributed by atoms with E-state index in [4.69, 9.17) is 4.74 Å². The summed E-state index contributed by atoms with van der Waals surface area (Å²) >= 11 is 0. The average Bonchev–Trinajstić information content (AvgIpc) is 3.25. The number of hydrogen-bond acceptors (Lipinski definition) is 4. The molecule has 0 aliphatic carbocycles. The van der Waals surface area contributed by atoms with Crippen LogP contribution in [0.4, 0.5) is 5.82 Å². The van der Waals surface area contributed by atoms with Crippen LogP contribution in [-0.2, 0) is 22.5 Å². The maximum Gasteiger partial charge on any atom is 0.231 e. The van der Waals surface area contributed by atoms with Crippen LogP contribution < -0.4 is 5.32 Å². The van der Waals surface area contributed by atoms with Crippen LogP contribution in [0.1, 0.15) is 37.8 Å². The van der Waals surface area contributed by atoms with Crippen LogP contribution in [0.5, 0.6) is 0 Å². The van der Waals surface area contributed by atoms with Crippen LogP contribution in [0.25, 0.3) is 0 Å². The molecule has 1 saturated heterocycles. The topological polar surface area (TPSA) is 84.8 Å². The molecular weight excluding hydrogens is 282 g/mol. The summed E-state index contributed by atoms with van der Waals surface area (Å²) in [6.07, 6.45) is 3.06. The summed E-state index contributed by atoms with van der Waals surface area (Å²) in [5.41, 5.74) is 1.95. The molecule has 22 heavy (non-hydrogen) atoms. The van der Waals surface area contributed by atoms with E-state index in [0.29, 0.717) is 18.8 Å². The lowest BCUT2D eigenvalue weighted by molar-refractivity contribution is -0.121. The molecule has 0 bridgehead atoms. The monoisotopic (exact) mass is 303 g/mol. The maximum atomic E-state index is 12.5. The van der Waals surface area contributed by atoms with Gasteiger partial charge in [-0.2, -0.15) is 10.2 Å². The van der Waals surface area contributed by atoms with Crippen molar-refractivity contribution < 1.29 is 9.53 Å². The van der Waals surface area contributed by atoms with E-state index in [1.807, 2.05) is 30.7 Å². The van der Waals surface area contributed by atoms with Crippen molar-refractivity contribution in [3.63, 3.8) is 0 Å². The fourth-order valence-corrected chi connectivity index (χ4v) is 2.82. The molecule has 1 amide bonds. The first-order chi connectivity index (χ1) is 10.7. The summed E-state index contributed by atoms with van der Waals surface area (Å²) in [7, 11) is 0.